The fourth-order valence-electron chi connectivity index (χ4n) is 2.00. The van der Waals surface area contributed by atoms with Gasteiger partial charge in [0.15, 0.2) is 9.84 Å². The highest BCUT2D eigenvalue weighted by molar-refractivity contribution is 7.91. The van der Waals surface area contributed by atoms with Crippen molar-refractivity contribution in [3.05, 3.63) is 59.6 Å². The lowest BCUT2D eigenvalue weighted by Gasteiger charge is -2.03. The van der Waals surface area contributed by atoms with Crippen LogP contribution in [0, 0.1) is 0 Å². The molecule has 0 spiro atoms. The van der Waals surface area contributed by atoms with Crippen LogP contribution in [0.2, 0.25) is 5.02 Å². The minimum absolute atomic E-state index is 0.0899. The largest absolute Gasteiger partial charge is 0.224 e. The third kappa shape index (κ3) is 3.75. The van der Waals surface area contributed by atoms with Gasteiger partial charge in [-0.1, -0.05) is 29.8 Å². The van der Waals surface area contributed by atoms with Gasteiger partial charge >= 0.3 is 0 Å². The van der Waals surface area contributed by atoms with Crippen LogP contribution in [-0.2, 0) is 16.4 Å². The Hall–Kier alpha value is -2.25. The zero-order valence-corrected chi connectivity index (χ0v) is 13.6. The van der Waals surface area contributed by atoms with Gasteiger partial charge in [-0.2, -0.15) is 4.80 Å². The van der Waals surface area contributed by atoms with Gasteiger partial charge in [-0.25, -0.2) is 8.42 Å². The second-order valence-corrected chi connectivity index (χ2v) is 7.39. The van der Waals surface area contributed by atoms with E-state index < -0.39 is 9.84 Å². The number of hydrogen-bond acceptors (Lipinski definition) is 5. The van der Waals surface area contributed by atoms with Crippen LogP contribution in [0.5, 0.6) is 0 Å². The van der Waals surface area contributed by atoms with Crippen LogP contribution in [0.25, 0.3) is 11.4 Å². The molecule has 0 unspecified atom stereocenters. The summed E-state index contributed by atoms with van der Waals surface area (Å²) in [6.07, 6.45) is 0. The molecular weight excluding hydrogens is 336 g/mol. The van der Waals surface area contributed by atoms with Gasteiger partial charge in [0, 0.05) is 10.6 Å². The first-order valence-corrected chi connectivity index (χ1v) is 8.89. The van der Waals surface area contributed by atoms with E-state index in [-0.39, 0.29) is 17.2 Å². The predicted octanol–water partition coefficient (Wildman–Crippen LogP) is 2.47. The topological polar surface area (TPSA) is 77.7 Å². The minimum atomic E-state index is -3.37. The van der Waals surface area contributed by atoms with Crippen LogP contribution < -0.4 is 0 Å². The quantitative estimate of drug-likeness (QED) is 0.707. The molecule has 0 radical (unpaired) electrons. The second-order valence-electron chi connectivity index (χ2n) is 4.85. The monoisotopic (exact) mass is 348 g/mol. The van der Waals surface area contributed by atoms with E-state index in [2.05, 4.69) is 15.4 Å². The third-order valence-electron chi connectivity index (χ3n) is 3.22. The van der Waals surface area contributed by atoms with Crippen LogP contribution >= 0.6 is 11.6 Å². The first-order chi connectivity index (χ1) is 11.0. The molecule has 1 aromatic heterocycles. The summed E-state index contributed by atoms with van der Waals surface area (Å²) in [6, 6.07) is 15.3. The number of benzene rings is 2. The molecular formula is C15H13ClN4O2S. The summed E-state index contributed by atoms with van der Waals surface area (Å²) >= 11 is 5.83. The van der Waals surface area contributed by atoms with E-state index in [1.807, 2.05) is 0 Å². The van der Waals surface area contributed by atoms with Gasteiger partial charge in [-0.05, 0) is 41.6 Å². The van der Waals surface area contributed by atoms with E-state index in [0.717, 1.165) is 5.56 Å². The van der Waals surface area contributed by atoms with Gasteiger partial charge in [-0.3, -0.25) is 0 Å². The Bertz CT molecular complexity index is 893. The number of sulfone groups is 1. The van der Waals surface area contributed by atoms with Crippen molar-refractivity contribution >= 4 is 21.4 Å². The Labute approximate surface area is 138 Å². The lowest BCUT2D eigenvalue weighted by Crippen LogP contribution is -2.15. The molecule has 0 fully saturated rings. The summed E-state index contributed by atoms with van der Waals surface area (Å²) in [7, 11) is -3.37. The molecule has 0 atom stereocenters. The summed E-state index contributed by atoms with van der Waals surface area (Å²) in [5.74, 6) is 0.340. The molecule has 0 N–H and O–H groups in total. The van der Waals surface area contributed by atoms with Gasteiger partial charge in [0.05, 0.1) is 17.2 Å². The number of nitrogens with zero attached hydrogens (tertiary/aromatic N) is 4. The van der Waals surface area contributed by atoms with Crippen molar-refractivity contribution in [2.75, 3.05) is 5.75 Å². The lowest BCUT2D eigenvalue weighted by molar-refractivity contribution is 0.538. The molecule has 0 saturated carbocycles. The molecule has 8 heteroatoms. The van der Waals surface area contributed by atoms with Crippen LogP contribution in [0.3, 0.4) is 0 Å². The van der Waals surface area contributed by atoms with Crippen molar-refractivity contribution in [3.63, 3.8) is 0 Å². The Morgan fingerprint density at radius 2 is 1.70 bits per heavy atom. The molecule has 3 rings (SSSR count). The maximum atomic E-state index is 12.2. The second kappa shape index (κ2) is 6.47. The molecule has 2 aromatic carbocycles. The van der Waals surface area contributed by atoms with E-state index in [4.69, 9.17) is 11.6 Å². The van der Waals surface area contributed by atoms with E-state index in [1.54, 1.807) is 54.6 Å². The molecule has 3 aromatic rings. The molecule has 23 heavy (non-hydrogen) atoms. The smallest absolute Gasteiger partial charge is 0.204 e. The minimum Gasteiger partial charge on any atom is -0.224 e. The summed E-state index contributed by atoms with van der Waals surface area (Å²) in [5.41, 5.74) is 0.770. The molecule has 0 aliphatic rings. The fraction of sp³-hybridized carbons (Fsp3) is 0.133. The Morgan fingerprint density at radius 1 is 1.00 bits per heavy atom. The zero-order chi connectivity index (χ0) is 16.3. The number of tetrazole rings is 1. The SMILES string of the molecule is O=S(=O)(CCn1nnc(-c2ccc(Cl)cc2)n1)c1ccccc1. The van der Waals surface area contributed by atoms with Crippen LogP contribution in [0.4, 0.5) is 0 Å². The summed E-state index contributed by atoms with van der Waals surface area (Å²) in [5, 5.41) is 12.6. The van der Waals surface area contributed by atoms with Crippen LogP contribution in [-0.4, -0.2) is 34.4 Å². The average molecular weight is 349 g/mol. The first-order valence-electron chi connectivity index (χ1n) is 6.86. The Balaban J connectivity index is 1.71. The number of rotatable bonds is 5. The van der Waals surface area contributed by atoms with E-state index in [1.165, 1.54) is 4.80 Å². The van der Waals surface area contributed by atoms with Crippen molar-refractivity contribution in [1.82, 2.24) is 20.2 Å². The normalized spacial score (nSPS) is 11.5. The van der Waals surface area contributed by atoms with Gasteiger partial charge in [0.1, 0.15) is 0 Å². The number of halogens is 1. The van der Waals surface area contributed by atoms with E-state index >= 15 is 0 Å². The van der Waals surface area contributed by atoms with Crippen LogP contribution in [0.15, 0.2) is 59.5 Å². The molecule has 0 aliphatic carbocycles. The molecule has 0 saturated heterocycles. The standard InChI is InChI=1S/C15H13ClN4O2S/c16-13-8-6-12(7-9-13)15-17-19-20(18-15)10-11-23(21,22)14-4-2-1-3-5-14/h1-9H,10-11H2. The number of aromatic nitrogens is 4. The van der Waals surface area contributed by atoms with Crippen molar-refractivity contribution in [2.24, 2.45) is 0 Å². The molecule has 6 nitrogen and oxygen atoms in total. The van der Waals surface area contributed by atoms with E-state index in [9.17, 15) is 8.42 Å². The average Bonchev–Trinajstić information content (AvgIpc) is 3.04. The third-order valence-corrected chi connectivity index (χ3v) is 5.18. The summed E-state index contributed by atoms with van der Waals surface area (Å²) < 4.78 is 24.4. The van der Waals surface area contributed by atoms with Gasteiger partial charge in [0.2, 0.25) is 5.82 Å². The van der Waals surface area contributed by atoms with Crippen molar-refractivity contribution < 1.29 is 8.42 Å². The zero-order valence-electron chi connectivity index (χ0n) is 12.0. The fourth-order valence-corrected chi connectivity index (χ4v) is 3.34. The summed E-state index contributed by atoms with van der Waals surface area (Å²) in [4.78, 5) is 1.57. The molecule has 0 bridgehead atoms. The molecule has 0 aliphatic heterocycles. The highest BCUT2D eigenvalue weighted by Gasteiger charge is 2.15. The maximum absolute atomic E-state index is 12.2. The molecule has 1 heterocycles. The lowest BCUT2D eigenvalue weighted by atomic mass is 10.2. The van der Waals surface area contributed by atoms with E-state index in [0.29, 0.717) is 10.8 Å². The highest BCUT2D eigenvalue weighted by Crippen LogP contribution is 2.17. The Kier molecular flexibility index (Phi) is 4.40. The predicted molar refractivity (Wildman–Crippen MR) is 86.8 cm³/mol. The highest BCUT2D eigenvalue weighted by atomic mass is 35.5. The van der Waals surface area contributed by atoms with Crippen LogP contribution in [0.1, 0.15) is 0 Å². The number of hydrogen-bond donors (Lipinski definition) is 0. The van der Waals surface area contributed by atoms with Gasteiger partial charge in [-0.15, -0.1) is 10.2 Å². The summed E-state index contributed by atoms with van der Waals surface area (Å²) in [6.45, 7) is 0.137. The maximum Gasteiger partial charge on any atom is 0.204 e. The number of aryl methyl sites for hydroxylation is 1. The molecule has 0 amide bonds. The van der Waals surface area contributed by atoms with Gasteiger partial charge < -0.3 is 0 Å². The van der Waals surface area contributed by atoms with Crippen molar-refractivity contribution in [2.45, 2.75) is 11.4 Å². The first kappa shape index (κ1) is 15.6. The van der Waals surface area contributed by atoms with Crippen molar-refractivity contribution in [1.29, 1.82) is 0 Å². The van der Waals surface area contributed by atoms with Crippen molar-refractivity contribution in [3.8, 4) is 11.4 Å². The Morgan fingerprint density at radius 3 is 2.39 bits per heavy atom. The van der Waals surface area contributed by atoms with Gasteiger partial charge in [0.25, 0.3) is 0 Å². The molecule has 118 valence electrons.